The lowest BCUT2D eigenvalue weighted by Gasteiger charge is -2.35. The number of hydrogen-bond donors (Lipinski definition) is 1. The topological polar surface area (TPSA) is 15.3 Å². The molecule has 1 aliphatic rings. The highest BCUT2D eigenvalue weighted by atomic mass is 15.2. The Kier molecular flexibility index (Phi) is 4.90. The molecule has 0 aliphatic carbocycles. The summed E-state index contributed by atoms with van der Waals surface area (Å²) in [5.74, 6) is 0.789. The van der Waals surface area contributed by atoms with Gasteiger partial charge in [-0.25, -0.2) is 0 Å². The van der Waals surface area contributed by atoms with Gasteiger partial charge in [0.2, 0.25) is 0 Å². The van der Waals surface area contributed by atoms with E-state index in [1.807, 2.05) is 0 Å². The fourth-order valence-corrected chi connectivity index (χ4v) is 2.84. The third-order valence-electron chi connectivity index (χ3n) is 3.48. The molecule has 0 aromatic rings. The molecule has 1 aliphatic heterocycles. The van der Waals surface area contributed by atoms with Crippen molar-refractivity contribution in [1.29, 1.82) is 0 Å². The molecule has 1 rings (SSSR count). The van der Waals surface area contributed by atoms with Crippen molar-refractivity contribution in [2.24, 2.45) is 5.92 Å². The lowest BCUT2D eigenvalue weighted by Crippen LogP contribution is -2.45. The number of nitrogens with zero attached hydrogens (tertiary/aromatic N) is 1. The molecule has 1 N–H and O–H groups in total. The van der Waals surface area contributed by atoms with Crippen molar-refractivity contribution >= 4 is 0 Å². The number of hydrogen-bond acceptors (Lipinski definition) is 2. The standard InChI is InChI=1S/C12H26N2/c1-5-12(10(2)3)14-8-6-7-11(14)9-13-4/h10-13H,5-9H2,1-4H3. The lowest BCUT2D eigenvalue weighted by molar-refractivity contribution is 0.135. The molecule has 0 spiro atoms. The molecule has 0 bridgehead atoms. The van der Waals surface area contributed by atoms with E-state index in [4.69, 9.17) is 0 Å². The van der Waals surface area contributed by atoms with Crippen molar-refractivity contribution in [3.63, 3.8) is 0 Å². The quantitative estimate of drug-likeness (QED) is 0.728. The Hall–Kier alpha value is -0.0800. The van der Waals surface area contributed by atoms with Gasteiger partial charge in [-0.2, -0.15) is 0 Å². The maximum atomic E-state index is 3.32. The van der Waals surface area contributed by atoms with Crippen LogP contribution in [0.15, 0.2) is 0 Å². The Morgan fingerprint density at radius 2 is 2.14 bits per heavy atom. The number of likely N-dealkylation sites (tertiary alicyclic amines) is 1. The van der Waals surface area contributed by atoms with Gasteiger partial charge in [0.15, 0.2) is 0 Å². The minimum Gasteiger partial charge on any atom is -0.318 e. The summed E-state index contributed by atoms with van der Waals surface area (Å²) in [6.45, 7) is 9.48. The predicted molar refractivity (Wildman–Crippen MR) is 62.6 cm³/mol. The van der Waals surface area contributed by atoms with Crippen LogP contribution in [0.5, 0.6) is 0 Å². The van der Waals surface area contributed by atoms with Gasteiger partial charge in [0.05, 0.1) is 0 Å². The summed E-state index contributed by atoms with van der Waals surface area (Å²) < 4.78 is 0. The summed E-state index contributed by atoms with van der Waals surface area (Å²) in [5.41, 5.74) is 0. The van der Waals surface area contributed by atoms with Crippen molar-refractivity contribution in [3.8, 4) is 0 Å². The van der Waals surface area contributed by atoms with Crippen molar-refractivity contribution in [2.75, 3.05) is 20.1 Å². The Morgan fingerprint density at radius 3 is 2.64 bits per heavy atom. The minimum absolute atomic E-state index is 0.785. The van der Waals surface area contributed by atoms with Gasteiger partial charge in [0, 0.05) is 18.6 Å². The fourth-order valence-electron chi connectivity index (χ4n) is 2.84. The van der Waals surface area contributed by atoms with Gasteiger partial charge in [-0.05, 0) is 38.8 Å². The van der Waals surface area contributed by atoms with Crippen molar-refractivity contribution in [3.05, 3.63) is 0 Å². The highest BCUT2D eigenvalue weighted by Crippen LogP contribution is 2.25. The maximum absolute atomic E-state index is 3.32. The molecule has 84 valence electrons. The maximum Gasteiger partial charge on any atom is 0.0224 e. The summed E-state index contributed by atoms with van der Waals surface area (Å²) in [6, 6.07) is 1.57. The second-order valence-electron chi connectivity index (χ2n) is 4.81. The van der Waals surface area contributed by atoms with E-state index in [0.717, 1.165) is 24.5 Å². The van der Waals surface area contributed by atoms with Crippen LogP contribution in [0, 0.1) is 5.92 Å². The largest absolute Gasteiger partial charge is 0.318 e. The van der Waals surface area contributed by atoms with E-state index in [1.165, 1.54) is 25.8 Å². The second-order valence-corrected chi connectivity index (χ2v) is 4.81. The predicted octanol–water partition coefficient (Wildman–Crippen LogP) is 2.10. The van der Waals surface area contributed by atoms with E-state index in [-0.39, 0.29) is 0 Å². The van der Waals surface area contributed by atoms with Crippen LogP contribution < -0.4 is 5.32 Å². The molecule has 2 unspecified atom stereocenters. The van der Waals surface area contributed by atoms with Crippen LogP contribution in [0.3, 0.4) is 0 Å². The average molecular weight is 198 g/mol. The van der Waals surface area contributed by atoms with Gasteiger partial charge in [0.1, 0.15) is 0 Å². The van der Waals surface area contributed by atoms with E-state index < -0.39 is 0 Å². The molecular weight excluding hydrogens is 172 g/mol. The van der Waals surface area contributed by atoms with E-state index in [1.54, 1.807) is 0 Å². The molecule has 2 nitrogen and oxygen atoms in total. The molecule has 0 saturated carbocycles. The van der Waals surface area contributed by atoms with Crippen LogP contribution in [0.4, 0.5) is 0 Å². The lowest BCUT2D eigenvalue weighted by atomic mass is 9.99. The molecule has 1 saturated heterocycles. The first-order valence-corrected chi connectivity index (χ1v) is 6.11. The molecule has 0 aromatic carbocycles. The second kappa shape index (κ2) is 5.72. The molecule has 1 heterocycles. The number of likely N-dealkylation sites (N-methyl/N-ethyl adjacent to an activating group) is 1. The van der Waals surface area contributed by atoms with Gasteiger partial charge < -0.3 is 5.32 Å². The smallest absolute Gasteiger partial charge is 0.0224 e. The molecule has 0 aromatic heterocycles. The fraction of sp³-hybridized carbons (Fsp3) is 1.00. The summed E-state index contributed by atoms with van der Waals surface area (Å²) in [5, 5.41) is 3.32. The monoisotopic (exact) mass is 198 g/mol. The molecule has 2 heteroatoms. The normalized spacial score (nSPS) is 25.9. The third kappa shape index (κ3) is 2.71. The van der Waals surface area contributed by atoms with Crippen LogP contribution in [-0.4, -0.2) is 37.1 Å². The van der Waals surface area contributed by atoms with Crippen LogP contribution >= 0.6 is 0 Å². The first kappa shape index (κ1) is 12.0. The summed E-state index contributed by atoms with van der Waals surface area (Å²) in [7, 11) is 2.06. The number of rotatable bonds is 5. The van der Waals surface area contributed by atoms with Gasteiger partial charge in [0.25, 0.3) is 0 Å². The number of nitrogens with one attached hydrogen (secondary N) is 1. The van der Waals surface area contributed by atoms with E-state index in [0.29, 0.717) is 0 Å². The Bertz CT molecular complexity index is 156. The van der Waals surface area contributed by atoms with Crippen LogP contribution in [0.2, 0.25) is 0 Å². The minimum atomic E-state index is 0.785. The van der Waals surface area contributed by atoms with Gasteiger partial charge in [-0.3, -0.25) is 4.90 Å². The molecule has 0 amide bonds. The summed E-state index contributed by atoms with van der Waals surface area (Å²) in [6.07, 6.45) is 4.05. The summed E-state index contributed by atoms with van der Waals surface area (Å²) in [4.78, 5) is 2.72. The highest BCUT2D eigenvalue weighted by molar-refractivity contribution is 4.86. The zero-order valence-corrected chi connectivity index (χ0v) is 10.2. The molecule has 0 radical (unpaired) electrons. The zero-order chi connectivity index (χ0) is 10.6. The van der Waals surface area contributed by atoms with E-state index in [9.17, 15) is 0 Å². The van der Waals surface area contributed by atoms with Gasteiger partial charge in [-0.1, -0.05) is 20.8 Å². The van der Waals surface area contributed by atoms with Crippen LogP contribution in [-0.2, 0) is 0 Å². The highest BCUT2D eigenvalue weighted by Gasteiger charge is 2.30. The zero-order valence-electron chi connectivity index (χ0n) is 10.2. The first-order chi connectivity index (χ1) is 6.70. The van der Waals surface area contributed by atoms with Crippen LogP contribution in [0.1, 0.15) is 40.0 Å². The third-order valence-corrected chi connectivity index (χ3v) is 3.48. The molecule has 2 atom stereocenters. The van der Waals surface area contributed by atoms with Crippen molar-refractivity contribution < 1.29 is 0 Å². The molecule has 1 fully saturated rings. The average Bonchev–Trinajstić information content (AvgIpc) is 2.55. The SMILES string of the molecule is CCC(C(C)C)N1CCCC1CNC. The summed E-state index contributed by atoms with van der Waals surface area (Å²) >= 11 is 0. The van der Waals surface area contributed by atoms with Gasteiger partial charge in [-0.15, -0.1) is 0 Å². The van der Waals surface area contributed by atoms with Crippen molar-refractivity contribution in [1.82, 2.24) is 10.2 Å². The Labute approximate surface area is 89.1 Å². The first-order valence-electron chi connectivity index (χ1n) is 6.11. The van der Waals surface area contributed by atoms with Crippen molar-refractivity contribution in [2.45, 2.75) is 52.1 Å². The Balaban J connectivity index is 2.54. The van der Waals surface area contributed by atoms with Crippen LogP contribution in [0.25, 0.3) is 0 Å². The van der Waals surface area contributed by atoms with Gasteiger partial charge >= 0.3 is 0 Å². The van der Waals surface area contributed by atoms with E-state index in [2.05, 4.69) is 38.0 Å². The Morgan fingerprint density at radius 1 is 1.43 bits per heavy atom. The molecular formula is C12H26N2. The van der Waals surface area contributed by atoms with E-state index >= 15 is 0 Å². The molecule has 14 heavy (non-hydrogen) atoms.